The molecule has 0 aliphatic carbocycles. The van der Waals surface area contributed by atoms with Gasteiger partial charge in [-0.05, 0) is 51.2 Å². The van der Waals surface area contributed by atoms with Crippen LogP contribution in [0.1, 0.15) is 24.3 Å². The van der Waals surface area contributed by atoms with Crippen molar-refractivity contribution in [1.29, 1.82) is 0 Å². The molecule has 0 aliphatic rings. The highest BCUT2D eigenvalue weighted by Gasteiger charge is 2.29. The van der Waals surface area contributed by atoms with E-state index >= 15 is 0 Å². The summed E-state index contributed by atoms with van der Waals surface area (Å²) in [6, 6.07) is 2.15. The largest absolute Gasteiger partial charge is 0.469 e. The van der Waals surface area contributed by atoms with Crippen LogP contribution in [0, 0.1) is 12.3 Å². The van der Waals surface area contributed by atoms with Gasteiger partial charge in [-0.3, -0.25) is 4.79 Å². The van der Waals surface area contributed by atoms with Crippen LogP contribution in [0.15, 0.2) is 11.4 Å². The highest BCUT2D eigenvalue weighted by atomic mass is 32.1. The first-order chi connectivity index (χ1) is 8.36. The third kappa shape index (κ3) is 4.10. The molecule has 0 bridgehead atoms. The third-order valence-corrected chi connectivity index (χ3v) is 4.17. The highest BCUT2D eigenvalue weighted by Crippen LogP contribution is 2.20. The number of carbonyl (C=O) groups is 1. The molecule has 0 spiro atoms. The number of aryl methyl sites for hydroxylation is 1. The van der Waals surface area contributed by atoms with E-state index < -0.39 is 5.41 Å². The van der Waals surface area contributed by atoms with Gasteiger partial charge in [0.25, 0.3) is 0 Å². The molecule has 0 amide bonds. The van der Waals surface area contributed by atoms with Gasteiger partial charge < -0.3 is 9.64 Å². The number of nitrogens with zero attached hydrogens (tertiary/aromatic N) is 1. The number of hydrogen-bond donors (Lipinski definition) is 0. The standard InChI is InChI=1S/C14H23NO2S/c1-11-7-9-18-12(11)6-8-15(4)10-14(2,3)13(16)17-5/h7,9H,6,8,10H2,1-5H3. The Morgan fingerprint density at radius 2 is 2.17 bits per heavy atom. The number of methoxy groups -OCH3 is 1. The second kappa shape index (κ2) is 6.34. The Balaban J connectivity index is 2.45. The SMILES string of the molecule is COC(=O)C(C)(C)CN(C)CCc1sccc1C. The Morgan fingerprint density at radius 1 is 1.50 bits per heavy atom. The molecule has 0 fully saturated rings. The molecule has 18 heavy (non-hydrogen) atoms. The van der Waals surface area contributed by atoms with Crippen molar-refractivity contribution in [2.24, 2.45) is 5.41 Å². The van der Waals surface area contributed by atoms with E-state index in [1.54, 1.807) is 11.3 Å². The molecular formula is C14H23NO2S. The minimum atomic E-state index is -0.450. The van der Waals surface area contributed by atoms with Crippen molar-refractivity contribution in [3.05, 3.63) is 21.9 Å². The van der Waals surface area contributed by atoms with Crippen molar-refractivity contribution < 1.29 is 9.53 Å². The fraction of sp³-hybridized carbons (Fsp3) is 0.643. The number of ether oxygens (including phenoxy) is 1. The normalized spacial score (nSPS) is 11.9. The van der Waals surface area contributed by atoms with Gasteiger partial charge in [0.05, 0.1) is 12.5 Å². The average Bonchev–Trinajstić information content (AvgIpc) is 2.70. The van der Waals surface area contributed by atoms with Crippen LogP contribution in [-0.2, 0) is 16.0 Å². The lowest BCUT2D eigenvalue weighted by molar-refractivity contribution is -0.151. The summed E-state index contributed by atoms with van der Waals surface area (Å²) in [5.74, 6) is -0.151. The fourth-order valence-corrected chi connectivity index (χ4v) is 2.95. The lowest BCUT2D eigenvalue weighted by atomic mass is 9.93. The molecule has 3 nitrogen and oxygen atoms in total. The molecule has 1 rings (SSSR count). The molecule has 102 valence electrons. The number of thiophene rings is 1. The zero-order chi connectivity index (χ0) is 13.8. The third-order valence-electron chi connectivity index (χ3n) is 3.09. The quantitative estimate of drug-likeness (QED) is 0.744. The molecule has 0 N–H and O–H groups in total. The Hall–Kier alpha value is -0.870. The fourth-order valence-electron chi connectivity index (χ4n) is 2.05. The maximum atomic E-state index is 11.6. The number of likely N-dealkylation sites (N-methyl/N-ethyl adjacent to an activating group) is 1. The van der Waals surface area contributed by atoms with Crippen molar-refractivity contribution in [2.45, 2.75) is 27.2 Å². The number of rotatable bonds is 6. The van der Waals surface area contributed by atoms with Gasteiger partial charge in [0.15, 0.2) is 0 Å². The molecule has 0 aliphatic heterocycles. The lowest BCUT2D eigenvalue weighted by Crippen LogP contribution is -2.38. The molecule has 0 radical (unpaired) electrons. The molecule has 0 unspecified atom stereocenters. The Bertz CT molecular complexity index is 398. The van der Waals surface area contributed by atoms with Gasteiger partial charge >= 0.3 is 5.97 Å². The summed E-state index contributed by atoms with van der Waals surface area (Å²) in [6.07, 6.45) is 1.04. The second-order valence-electron chi connectivity index (χ2n) is 5.39. The first-order valence-corrected chi connectivity index (χ1v) is 7.04. The van der Waals surface area contributed by atoms with Gasteiger partial charge in [0, 0.05) is 18.0 Å². The van der Waals surface area contributed by atoms with E-state index in [9.17, 15) is 4.79 Å². The maximum Gasteiger partial charge on any atom is 0.312 e. The van der Waals surface area contributed by atoms with Crippen molar-refractivity contribution >= 4 is 17.3 Å². The monoisotopic (exact) mass is 269 g/mol. The predicted molar refractivity (Wildman–Crippen MR) is 76.1 cm³/mol. The zero-order valence-electron chi connectivity index (χ0n) is 11.9. The molecule has 0 atom stereocenters. The van der Waals surface area contributed by atoms with Crippen molar-refractivity contribution in [3.63, 3.8) is 0 Å². The number of hydrogen-bond acceptors (Lipinski definition) is 4. The van der Waals surface area contributed by atoms with Crippen molar-refractivity contribution in [2.75, 3.05) is 27.2 Å². The van der Waals surface area contributed by atoms with Crippen molar-refractivity contribution in [1.82, 2.24) is 4.90 Å². The molecular weight excluding hydrogens is 246 g/mol. The summed E-state index contributed by atoms with van der Waals surface area (Å²) in [6.45, 7) is 7.66. The van der Waals surface area contributed by atoms with E-state index in [0.29, 0.717) is 6.54 Å². The van der Waals surface area contributed by atoms with Crippen LogP contribution < -0.4 is 0 Å². The van der Waals surface area contributed by atoms with Crippen LogP contribution in [0.3, 0.4) is 0 Å². The van der Waals surface area contributed by atoms with Gasteiger partial charge in [-0.2, -0.15) is 0 Å². The Kier molecular flexibility index (Phi) is 5.35. The molecule has 4 heteroatoms. The van der Waals surface area contributed by atoms with Gasteiger partial charge in [0.1, 0.15) is 0 Å². The van der Waals surface area contributed by atoms with Crippen LogP contribution in [0.25, 0.3) is 0 Å². The molecule has 0 aromatic carbocycles. The van der Waals surface area contributed by atoms with E-state index in [0.717, 1.165) is 13.0 Å². The molecule has 1 heterocycles. The smallest absolute Gasteiger partial charge is 0.312 e. The molecule has 1 aromatic rings. The summed E-state index contributed by atoms with van der Waals surface area (Å²) >= 11 is 1.80. The first-order valence-electron chi connectivity index (χ1n) is 6.17. The second-order valence-corrected chi connectivity index (χ2v) is 6.39. The summed E-state index contributed by atoms with van der Waals surface area (Å²) < 4.78 is 4.82. The average molecular weight is 269 g/mol. The van der Waals surface area contributed by atoms with E-state index in [1.165, 1.54) is 17.6 Å². The van der Waals surface area contributed by atoms with Gasteiger partial charge in [-0.1, -0.05) is 0 Å². The molecule has 0 saturated carbocycles. The minimum absolute atomic E-state index is 0.151. The summed E-state index contributed by atoms with van der Waals surface area (Å²) in [5, 5.41) is 2.13. The Labute approximate surface area is 114 Å². The molecule has 0 saturated heterocycles. The maximum absolute atomic E-state index is 11.6. The van der Waals surface area contributed by atoms with Crippen LogP contribution in [0.4, 0.5) is 0 Å². The summed E-state index contributed by atoms with van der Waals surface area (Å²) in [5.41, 5.74) is 0.911. The number of carbonyl (C=O) groups excluding carboxylic acids is 1. The van der Waals surface area contributed by atoms with E-state index in [1.807, 2.05) is 20.9 Å². The zero-order valence-corrected chi connectivity index (χ0v) is 12.8. The van der Waals surface area contributed by atoms with Crippen LogP contribution in [0.2, 0.25) is 0 Å². The van der Waals surface area contributed by atoms with E-state index in [-0.39, 0.29) is 5.97 Å². The molecule has 1 aromatic heterocycles. The van der Waals surface area contributed by atoms with Crippen LogP contribution in [0.5, 0.6) is 0 Å². The Morgan fingerprint density at radius 3 is 2.67 bits per heavy atom. The number of esters is 1. The lowest BCUT2D eigenvalue weighted by Gasteiger charge is -2.27. The first kappa shape index (κ1) is 15.2. The van der Waals surface area contributed by atoms with E-state index in [4.69, 9.17) is 4.74 Å². The predicted octanol–water partition coefficient (Wildman–Crippen LogP) is 2.73. The van der Waals surface area contributed by atoms with Gasteiger partial charge in [0.2, 0.25) is 0 Å². The van der Waals surface area contributed by atoms with Gasteiger partial charge in [-0.15, -0.1) is 11.3 Å². The topological polar surface area (TPSA) is 29.5 Å². The van der Waals surface area contributed by atoms with Crippen LogP contribution >= 0.6 is 11.3 Å². The minimum Gasteiger partial charge on any atom is -0.469 e. The van der Waals surface area contributed by atoms with Gasteiger partial charge in [-0.25, -0.2) is 0 Å². The van der Waals surface area contributed by atoms with Crippen molar-refractivity contribution in [3.8, 4) is 0 Å². The summed E-state index contributed by atoms with van der Waals surface area (Å²) in [4.78, 5) is 15.2. The highest BCUT2D eigenvalue weighted by molar-refractivity contribution is 7.10. The summed E-state index contributed by atoms with van der Waals surface area (Å²) in [7, 11) is 3.49. The van der Waals surface area contributed by atoms with Crippen LogP contribution in [-0.4, -0.2) is 38.1 Å². The van der Waals surface area contributed by atoms with E-state index in [2.05, 4.69) is 23.3 Å².